The molecule has 1 saturated heterocycles. The van der Waals surface area contributed by atoms with E-state index in [4.69, 9.17) is 4.74 Å². The van der Waals surface area contributed by atoms with Crippen LogP contribution in [0.1, 0.15) is 0 Å². The molecule has 0 radical (unpaired) electrons. The third-order valence-corrected chi connectivity index (χ3v) is 4.02. The van der Waals surface area contributed by atoms with Gasteiger partial charge in [0.2, 0.25) is 11.8 Å². The Morgan fingerprint density at radius 3 is 2.80 bits per heavy atom. The third-order valence-electron chi connectivity index (χ3n) is 3.30. The van der Waals surface area contributed by atoms with E-state index in [1.54, 1.807) is 18.9 Å². The predicted octanol–water partition coefficient (Wildman–Crippen LogP) is 0.926. The molecule has 114 valence electrons. The zero-order valence-electron chi connectivity index (χ0n) is 12.3. The fourth-order valence-electron chi connectivity index (χ4n) is 2.18. The molecule has 0 aliphatic carbocycles. The van der Waals surface area contributed by atoms with Gasteiger partial charge in [0.25, 0.3) is 0 Å². The Morgan fingerprint density at radius 1 is 1.45 bits per heavy atom. The van der Waals surface area contributed by atoms with Gasteiger partial charge in [0.1, 0.15) is 0 Å². The van der Waals surface area contributed by atoms with Crippen molar-refractivity contribution in [3.8, 4) is 5.88 Å². The number of piperazine rings is 1. The molecule has 2 heterocycles. The summed E-state index contributed by atoms with van der Waals surface area (Å²) < 4.78 is 5.33. The van der Waals surface area contributed by atoms with Crippen LogP contribution in [0.5, 0.6) is 5.88 Å². The molecule has 1 aliphatic rings. The third kappa shape index (κ3) is 3.66. The molecule has 0 bridgehead atoms. The summed E-state index contributed by atoms with van der Waals surface area (Å²) in [5, 5.41) is 3.31. The Bertz CT molecular complexity index is 436. The van der Waals surface area contributed by atoms with Crippen LogP contribution in [0.3, 0.4) is 0 Å². The van der Waals surface area contributed by atoms with E-state index < -0.39 is 0 Å². The van der Waals surface area contributed by atoms with Crippen molar-refractivity contribution < 1.29 is 4.74 Å². The van der Waals surface area contributed by atoms with Crippen molar-refractivity contribution >= 4 is 30.1 Å². The largest absolute Gasteiger partial charge is 0.480 e. The van der Waals surface area contributed by atoms with E-state index in [1.807, 2.05) is 19.5 Å². The lowest BCUT2D eigenvalue weighted by atomic mass is 10.3. The van der Waals surface area contributed by atoms with Gasteiger partial charge in [-0.05, 0) is 20.4 Å². The number of rotatable bonds is 4. The summed E-state index contributed by atoms with van der Waals surface area (Å²) in [6.45, 7) is 2.87. The molecule has 1 aromatic rings. The van der Waals surface area contributed by atoms with E-state index in [2.05, 4.69) is 32.1 Å². The van der Waals surface area contributed by atoms with Crippen LogP contribution in [0.25, 0.3) is 0 Å². The number of nitrogens with zero attached hydrogens (tertiary/aromatic N) is 4. The van der Waals surface area contributed by atoms with Gasteiger partial charge in [-0.1, -0.05) is 0 Å². The van der Waals surface area contributed by atoms with Crippen LogP contribution in [0, 0.1) is 0 Å². The summed E-state index contributed by atoms with van der Waals surface area (Å²) in [4.78, 5) is 14.4. The first-order chi connectivity index (χ1) is 9.19. The highest BCUT2D eigenvalue weighted by molar-refractivity contribution is 7.98. The highest BCUT2D eigenvalue weighted by atomic mass is 35.5. The van der Waals surface area contributed by atoms with Gasteiger partial charge >= 0.3 is 0 Å². The zero-order valence-corrected chi connectivity index (χ0v) is 13.9. The smallest absolute Gasteiger partial charge is 0.231 e. The van der Waals surface area contributed by atoms with Gasteiger partial charge in [-0.15, -0.1) is 24.2 Å². The van der Waals surface area contributed by atoms with Crippen LogP contribution in [-0.2, 0) is 0 Å². The fraction of sp³-hybridized carbons (Fsp3) is 0.667. The summed E-state index contributed by atoms with van der Waals surface area (Å²) in [5.41, 5.74) is 0. The van der Waals surface area contributed by atoms with E-state index in [0.717, 1.165) is 30.5 Å². The lowest BCUT2D eigenvalue weighted by Crippen LogP contribution is -2.58. The maximum atomic E-state index is 5.33. The molecule has 1 aliphatic heterocycles. The Balaban J connectivity index is 0.00000200. The molecule has 0 amide bonds. The molecule has 20 heavy (non-hydrogen) atoms. The quantitative estimate of drug-likeness (QED) is 0.828. The van der Waals surface area contributed by atoms with Gasteiger partial charge in [0.15, 0.2) is 0 Å². The average molecular weight is 320 g/mol. The molecule has 1 unspecified atom stereocenters. The standard InChI is InChI=1S/C12H21N5OS.ClH/c1-13-10-8-16(2)5-6-17(10)12-14-7-9(19-4)11(15-12)18-3;/h7,10,13H,5-6,8H2,1-4H3;1H. The minimum Gasteiger partial charge on any atom is -0.480 e. The van der Waals surface area contributed by atoms with Crippen molar-refractivity contribution in [1.82, 2.24) is 20.2 Å². The molecule has 0 aromatic carbocycles. The first-order valence-corrected chi connectivity index (χ1v) is 7.49. The highest BCUT2D eigenvalue weighted by Crippen LogP contribution is 2.27. The summed E-state index contributed by atoms with van der Waals surface area (Å²) >= 11 is 1.59. The maximum absolute atomic E-state index is 5.33. The summed E-state index contributed by atoms with van der Waals surface area (Å²) in [6, 6.07) is 0. The van der Waals surface area contributed by atoms with Crippen molar-refractivity contribution in [3.05, 3.63) is 6.20 Å². The molecular weight excluding hydrogens is 298 g/mol. The molecule has 1 atom stereocenters. The number of ether oxygens (including phenoxy) is 1. The van der Waals surface area contributed by atoms with Crippen molar-refractivity contribution in [3.63, 3.8) is 0 Å². The average Bonchev–Trinajstić information content (AvgIpc) is 2.46. The maximum Gasteiger partial charge on any atom is 0.231 e. The second kappa shape index (κ2) is 7.87. The summed E-state index contributed by atoms with van der Waals surface area (Å²) in [6.07, 6.45) is 4.05. The SMILES string of the molecule is CNC1CN(C)CCN1c1ncc(SC)c(OC)n1.Cl. The number of thioether (sulfide) groups is 1. The first-order valence-electron chi connectivity index (χ1n) is 6.27. The highest BCUT2D eigenvalue weighted by Gasteiger charge is 2.26. The normalized spacial score (nSPS) is 19.6. The van der Waals surface area contributed by atoms with Crippen LogP contribution < -0.4 is 15.0 Å². The lowest BCUT2D eigenvalue weighted by molar-refractivity contribution is 0.249. The second-order valence-electron chi connectivity index (χ2n) is 4.51. The topological polar surface area (TPSA) is 53.5 Å². The molecular formula is C12H22ClN5OS. The van der Waals surface area contributed by atoms with Gasteiger partial charge in [0.05, 0.1) is 18.2 Å². The second-order valence-corrected chi connectivity index (χ2v) is 5.36. The van der Waals surface area contributed by atoms with Crippen molar-refractivity contribution in [2.24, 2.45) is 0 Å². The van der Waals surface area contributed by atoms with E-state index in [1.165, 1.54) is 0 Å². The molecule has 0 saturated carbocycles. The molecule has 1 fully saturated rings. The number of aromatic nitrogens is 2. The lowest BCUT2D eigenvalue weighted by Gasteiger charge is -2.39. The van der Waals surface area contributed by atoms with Crippen LogP contribution in [-0.4, -0.2) is 68.1 Å². The first kappa shape index (κ1) is 17.3. The van der Waals surface area contributed by atoms with Crippen molar-refractivity contribution in [1.29, 1.82) is 0 Å². The molecule has 1 N–H and O–H groups in total. The molecule has 0 spiro atoms. The Labute approximate surface area is 130 Å². The minimum absolute atomic E-state index is 0. The van der Waals surface area contributed by atoms with E-state index in [9.17, 15) is 0 Å². The van der Waals surface area contributed by atoms with Crippen LogP contribution >= 0.6 is 24.2 Å². The number of halogens is 1. The summed E-state index contributed by atoms with van der Waals surface area (Å²) in [7, 11) is 5.73. The van der Waals surface area contributed by atoms with Crippen molar-refractivity contribution in [2.75, 3.05) is 52.0 Å². The van der Waals surface area contributed by atoms with Gasteiger partial charge < -0.3 is 14.5 Å². The Morgan fingerprint density at radius 2 is 2.20 bits per heavy atom. The minimum atomic E-state index is 0. The van der Waals surface area contributed by atoms with E-state index >= 15 is 0 Å². The van der Waals surface area contributed by atoms with Gasteiger partial charge in [-0.25, -0.2) is 4.98 Å². The Kier molecular flexibility index (Phi) is 6.81. The number of hydrogen-bond donors (Lipinski definition) is 1. The van der Waals surface area contributed by atoms with Crippen LogP contribution in [0.2, 0.25) is 0 Å². The zero-order chi connectivity index (χ0) is 13.8. The summed E-state index contributed by atoms with van der Waals surface area (Å²) in [5.74, 6) is 1.37. The van der Waals surface area contributed by atoms with Crippen LogP contribution in [0.15, 0.2) is 11.1 Å². The van der Waals surface area contributed by atoms with E-state index in [0.29, 0.717) is 5.88 Å². The predicted molar refractivity (Wildman–Crippen MR) is 85.3 cm³/mol. The van der Waals surface area contributed by atoms with E-state index in [-0.39, 0.29) is 18.6 Å². The molecule has 8 heteroatoms. The number of methoxy groups -OCH3 is 1. The number of nitrogens with one attached hydrogen (secondary N) is 1. The van der Waals surface area contributed by atoms with Crippen LogP contribution in [0.4, 0.5) is 5.95 Å². The number of anilines is 1. The monoisotopic (exact) mass is 319 g/mol. The van der Waals surface area contributed by atoms with Crippen molar-refractivity contribution in [2.45, 2.75) is 11.1 Å². The molecule has 6 nitrogen and oxygen atoms in total. The van der Waals surface area contributed by atoms with Gasteiger partial charge in [-0.2, -0.15) is 4.98 Å². The van der Waals surface area contributed by atoms with Gasteiger partial charge in [-0.3, -0.25) is 5.32 Å². The number of likely N-dealkylation sites (N-methyl/N-ethyl adjacent to an activating group) is 2. The Hall–Kier alpha value is -0.760. The van der Waals surface area contributed by atoms with Gasteiger partial charge in [0, 0.05) is 25.8 Å². The molecule has 2 rings (SSSR count). The molecule has 1 aromatic heterocycles. The number of hydrogen-bond acceptors (Lipinski definition) is 7. The fourth-order valence-corrected chi connectivity index (χ4v) is 2.64.